The van der Waals surface area contributed by atoms with E-state index in [9.17, 15) is 0 Å². The van der Waals surface area contributed by atoms with Crippen LogP contribution in [0.25, 0.3) is 0 Å². The molecule has 0 aromatic carbocycles. The second-order valence-electron chi connectivity index (χ2n) is 3.80. The van der Waals surface area contributed by atoms with Gasteiger partial charge in [-0.2, -0.15) is 0 Å². The van der Waals surface area contributed by atoms with Gasteiger partial charge >= 0.3 is 0 Å². The molecule has 1 atom stereocenters. The number of nitrogens with zero attached hydrogens (tertiary/aromatic N) is 1. The summed E-state index contributed by atoms with van der Waals surface area (Å²) in [6.07, 6.45) is 10.2. The monoisotopic (exact) mass is 280 g/mol. The van der Waals surface area contributed by atoms with Crippen LogP contribution in [0.15, 0.2) is 4.99 Å². The molecule has 16 heavy (non-hydrogen) atoms. The molecule has 1 saturated carbocycles. The molecule has 3 nitrogen and oxygen atoms in total. The molecule has 94 valence electrons. The molecule has 1 unspecified atom stereocenters. The molecule has 0 spiro atoms. The van der Waals surface area contributed by atoms with E-state index >= 15 is 0 Å². The lowest BCUT2D eigenvalue weighted by molar-refractivity contribution is 0.383. The summed E-state index contributed by atoms with van der Waals surface area (Å²) in [5.74, 6) is 0. The van der Waals surface area contributed by atoms with Gasteiger partial charge in [-0.15, -0.1) is 0 Å². The van der Waals surface area contributed by atoms with Crippen molar-refractivity contribution in [1.82, 2.24) is 5.09 Å². The smallest absolute Gasteiger partial charge is 0.210 e. The van der Waals surface area contributed by atoms with Gasteiger partial charge in [0.2, 0.25) is 5.62 Å². The minimum absolute atomic E-state index is 0.494. The fraction of sp³-hybridized carbons (Fsp3) is 0.900. The fourth-order valence-electron chi connectivity index (χ4n) is 1.75. The summed E-state index contributed by atoms with van der Waals surface area (Å²) in [5, 5.41) is 3.17. The summed E-state index contributed by atoms with van der Waals surface area (Å²) in [6, 6.07) is 0.494. The molecule has 1 N–H and O–H groups in total. The highest BCUT2D eigenvalue weighted by molar-refractivity contribution is 8.68. The Bertz CT molecular complexity index is 268. The summed E-state index contributed by atoms with van der Waals surface area (Å²) in [7, 11) is 0. The average Bonchev–Trinajstić information content (AvgIpc) is 2.31. The van der Waals surface area contributed by atoms with Gasteiger partial charge in [0, 0.05) is 0 Å². The molecule has 0 bridgehead atoms. The van der Waals surface area contributed by atoms with E-state index in [0.717, 1.165) is 0 Å². The zero-order valence-electron chi connectivity index (χ0n) is 10.0. The summed E-state index contributed by atoms with van der Waals surface area (Å²) in [4.78, 5) is 4.53. The Morgan fingerprint density at radius 3 is 2.75 bits per heavy atom. The first-order valence-corrected chi connectivity index (χ1v) is 10.3. The average molecular weight is 280 g/mol. The third kappa shape index (κ3) is 5.17. The molecule has 6 heteroatoms. The largest absolute Gasteiger partial charge is 0.327 e. The molecule has 0 heterocycles. The third-order valence-corrected chi connectivity index (χ3v) is 8.17. The molecule has 1 aliphatic rings. The van der Waals surface area contributed by atoms with Crippen molar-refractivity contribution in [2.75, 3.05) is 12.9 Å². The highest BCUT2D eigenvalue weighted by Crippen LogP contribution is 2.53. The van der Waals surface area contributed by atoms with E-state index in [1.807, 2.05) is 13.2 Å². The lowest BCUT2D eigenvalue weighted by Gasteiger charge is -2.20. The second-order valence-corrected chi connectivity index (χ2v) is 10.5. The van der Waals surface area contributed by atoms with Crippen molar-refractivity contribution >= 4 is 35.1 Å². The summed E-state index contributed by atoms with van der Waals surface area (Å²) >= 11 is 7.00. The van der Waals surface area contributed by atoms with E-state index in [1.54, 1.807) is 17.7 Å². The van der Waals surface area contributed by atoms with Crippen molar-refractivity contribution in [3.63, 3.8) is 0 Å². The van der Waals surface area contributed by atoms with Gasteiger partial charge in [0.25, 0.3) is 0 Å². The lowest BCUT2D eigenvalue weighted by atomic mass is 9.96. The number of hydrogen-bond acceptors (Lipinski definition) is 4. The molecule has 0 saturated heterocycles. The standard InChI is InChI=1S/C10H21N2OPS2/c1-3-13-14(15,16-2)12-9-11-10-7-5-4-6-8-10/h9-10H,3-8H2,1-2H3,(H,11,12,15). The Balaban J connectivity index is 2.35. The minimum Gasteiger partial charge on any atom is -0.327 e. The Labute approximate surface area is 108 Å². The molecule has 1 aliphatic carbocycles. The maximum Gasteiger partial charge on any atom is 0.210 e. The Morgan fingerprint density at radius 1 is 1.50 bits per heavy atom. The molecule has 1 rings (SSSR count). The van der Waals surface area contributed by atoms with Crippen LogP contribution < -0.4 is 5.09 Å². The van der Waals surface area contributed by atoms with E-state index in [0.29, 0.717) is 12.6 Å². The Hall–Kier alpha value is 0.430. The van der Waals surface area contributed by atoms with Gasteiger partial charge in [0.05, 0.1) is 19.0 Å². The quantitative estimate of drug-likeness (QED) is 0.458. The maximum atomic E-state index is 5.55. The summed E-state index contributed by atoms with van der Waals surface area (Å²) in [5.41, 5.74) is -1.92. The Kier molecular flexibility index (Phi) is 6.97. The van der Waals surface area contributed by atoms with Crippen molar-refractivity contribution < 1.29 is 4.52 Å². The van der Waals surface area contributed by atoms with E-state index < -0.39 is 5.62 Å². The molecule has 0 radical (unpaired) electrons. The lowest BCUT2D eigenvalue weighted by Crippen LogP contribution is -2.14. The van der Waals surface area contributed by atoms with Gasteiger partial charge in [-0.25, -0.2) is 0 Å². The van der Waals surface area contributed by atoms with Gasteiger partial charge in [0.1, 0.15) is 0 Å². The molecular weight excluding hydrogens is 259 g/mol. The zero-order valence-corrected chi connectivity index (χ0v) is 12.5. The molecule has 0 aromatic rings. The van der Waals surface area contributed by atoms with E-state index in [-0.39, 0.29) is 0 Å². The van der Waals surface area contributed by atoms with Gasteiger partial charge in [-0.1, -0.05) is 30.6 Å². The summed E-state index contributed by atoms with van der Waals surface area (Å²) in [6.45, 7) is 2.62. The van der Waals surface area contributed by atoms with E-state index in [2.05, 4.69) is 10.1 Å². The SMILES string of the molecule is CCOP(=S)(NC=NC1CCCCC1)SC. The van der Waals surface area contributed by atoms with Crippen LogP contribution in [0.2, 0.25) is 0 Å². The molecule has 0 aromatic heterocycles. The van der Waals surface area contributed by atoms with Crippen LogP contribution in [-0.4, -0.2) is 25.2 Å². The van der Waals surface area contributed by atoms with Crippen molar-refractivity contribution in [3.05, 3.63) is 0 Å². The van der Waals surface area contributed by atoms with Crippen LogP contribution in [0.5, 0.6) is 0 Å². The van der Waals surface area contributed by atoms with Gasteiger partial charge in [-0.3, -0.25) is 4.99 Å². The van der Waals surface area contributed by atoms with Crippen molar-refractivity contribution in [2.45, 2.75) is 45.1 Å². The first kappa shape index (κ1) is 14.5. The Morgan fingerprint density at radius 2 is 2.19 bits per heavy atom. The van der Waals surface area contributed by atoms with Crippen LogP contribution in [0.1, 0.15) is 39.0 Å². The number of nitrogens with one attached hydrogen (secondary N) is 1. The van der Waals surface area contributed by atoms with Crippen molar-refractivity contribution in [2.24, 2.45) is 4.99 Å². The van der Waals surface area contributed by atoms with Gasteiger partial charge in [-0.05, 0) is 37.8 Å². The number of aliphatic imine (C=N–C) groups is 1. The predicted molar refractivity (Wildman–Crippen MR) is 77.9 cm³/mol. The molecule has 1 fully saturated rings. The maximum absolute atomic E-state index is 5.55. The first-order valence-electron chi connectivity index (χ1n) is 5.80. The predicted octanol–water partition coefficient (Wildman–Crippen LogP) is 3.56. The third-order valence-electron chi connectivity index (χ3n) is 2.62. The van der Waals surface area contributed by atoms with Crippen molar-refractivity contribution in [3.8, 4) is 0 Å². The highest BCUT2D eigenvalue weighted by Gasteiger charge is 2.14. The first-order chi connectivity index (χ1) is 7.70. The molecular formula is C10H21N2OPS2. The van der Waals surface area contributed by atoms with Crippen LogP contribution >= 0.6 is 17.0 Å². The normalized spacial score (nSPS) is 22.1. The van der Waals surface area contributed by atoms with Crippen LogP contribution in [0, 0.1) is 0 Å². The second kappa shape index (κ2) is 7.70. The molecule has 0 amide bonds. The number of rotatable bonds is 6. The van der Waals surface area contributed by atoms with Crippen LogP contribution in [0.4, 0.5) is 0 Å². The van der Waals surface area contributed by atoms with Crippen LogP contribution in [-0.2, 0) is 16.3 Å². The highest BCUT2D eigenvalue weighted by atomic mass is 32.9. The number of hydrogen-bond donors (Lipinski definition) is 1. The minimum atomic E-state index is -1.92. The van der Waals surface area contributed by atoms with Crippen LogP contribution in [0.3, 0.4) is 0 Å². The molecule has 0 aliphatic heterocycles. The van der Waals surface area contributed by atoms with Gasteiger partial charge in [0.15, 0.2) is 0 Å². The van der Waals surface area contributed by atoms with E-state index in [1.165, 1.54) is 32.1 Å². The topological polar surface area (TPSA) is 33.6 Å². The van der Waals surface area contributed by atoms with Crippen molar-refractivity contribution in [1.29, 1.82) is 0 Å². The fourth-order valence-corrected chi connectivity index (χ4v) is 4.13. The summed E-state index contributed by atoms with van der Waals surface area (Å²) < 4.78 is 5.55. The zero-order chi connectivity index (χ0) is 11.9. The van der Waals surface area contributed by atoms with E-state index in [4.69, 9.17) is 16.3 Å². The van der Waals surface area contributed by atoms with Gasteiger partial charge < -0.3 is 9.61 Å².